The fourth-order valence-electron chi connectivity index (χ4n) is 6.70. The molecular weight excluding hydrogens is 629 g/mol. The molecule has 254 valence electrons. The first-order valence-corrected chi connectivity index (χ1v) is 18.1. The Morgan fingerprint density at radius 2 is 0.750 bits per heavy atom. The van der Waals surface area contributed by atoms with Gasteiger partial charge in [-0.15, -0.1) is 0 Å². The first-order chi connectivity index (χ1) is 25.6. The normalized spacial score (nSPS) is 11.3. The SMILES string of the molecule is CCc1cccc(C)c1N(c1ccccc1)c1ccc(C=Cc2ccc(C=Cc3ccc(N(c4ccccc4)c4ccccc4C)cc3)cc2)cc1. The molecule has 0 saturated heterocycles. The number of aryl methyl sites for hydroxylation is 3. The van der Waals surface area contributed by atoms with E-state index in [2.05, 4.69) is 231 Å². The third-order valence-corrected chi connectivity index (χ3v) is 9.49. The Morgan fingerprint density at radius 3 is 1.23 bits per heavy atom. The average Bonchev–Trinajstić information content (AvgIpc) is 3.20. The third kappa shape index (κ3) is 7.83. The zero-order valence-electron chi connectivity index (χ0n) is 30.2. The van der Waals surface area contributed by atoms with Crippen molar-refractivity contribution in [3.8, 4) is 0 Å². The van der Waals surface area contributed by atoms with Gasteiger partial charge >= 0.3 is 0 Å². The Bertz CT molecular complexity index is 2270. The molecular formula is C50H44N2. The van der Waals surface area contributed by atoms with Crippen LogP contribution in [0.4, 0.5) is 34.1 Å². The van der Waals surface area contributed by atoms with Crippen LogP contribution in [0.25, 0.3) is 24.3 Å². The maximum absolute atomic E-state index is 2.38. The average molecular weight is 673 g/mol. The summed E-state index contributed by atoms with van der Waals surface area (Å²) < 4.78 is 0. The predicted molar refractivity (Wildman–Crippen MR) is 225 cm³/mol. The molecule has 0 unspecified atom stereocenters. The van der Waals surface area contributed by atoms with Gasteiger partial charge in [0.15, 0.2) is 0 Å². The van der Waals surface area contributed by atoms with Crippen molar-refractivity contribution >= 4 is 58.4 Å². The third-order valence-electron chi connectivity index (χ3n) is 9.49. The molecule has 0 saturated carbocycles. The molecule has 0 amide bonds. The van der Waals surface area contributed by atoms with Crippen LogP contribution in [0.5, 0.6) is 0 Å². The fourth-order valence-corrected chi connectivity index (χ4v) is 6.70. The monoisotopic (exact) mass is 672 g/mol. The van der Waals surface area contributed by atoms with E-state index in [9.17, 15) is 0 Å². The summed E-state index contributed by atoms with van der Waals surface area (Å²) in [4.78, 5) is 4.70. The summed E-state index contributed by atoms with van der Waals surface area (Å²) in [6.45, 7) is 6.59. The minimum Gasteiger partial charge on any atom is -0.310 e. The van der Waals surface area contributed by atoms with Crippen LogP contribution in [-0.4, -0.2) is 0 Å². The Kier molecular flexibility index (Phi) is 10.6. The van der Waals surface area contributed by atoms with E-state index >= 15 is 0 Å². The van der Waals surface area contributed by atoms with Gasteiger partial charge in [-0.2, -0.15) is 0 Å². The van der Waals surface area contributed by atoms with Crippen LogP contribution in [0.1, 0.15) is 45.9 Å². The second kappa shape index (κ2) is 16.1. The van der Waals surface area contributed by atoms with Gasteiger partial charge in [0.2, 0.25) is 0 Å². The van der Waals surface area contributed by atoms with Gasteiger partial charge in [0, 0.05) is 28.4 Å². The second-order valence-electron chi connectivity index (χ2n) is 13.1. The molecule has 0 N–H and O–H groups in total. The Morgan fingerprint density at radius 1 is 0.365 bits per heavy atom. The van der Waals surface area contributed by atoms with Crippen LogP contribution in [0, 0.1) is 13.8 Å². The van der Waals surface area contributed by atoms with Crippen LogP contribution in [-0.2, 0) is 6.42 Å². The van der Waals surface area contributed by atoms with Gasteiger partial charge in [-0.05, 0) is 114 Å². The number of benzene rings is 7. The fraction of sp³-hybridized carbons (Fsp3) is 0.0800. The molecule has 0 atom stereocenters. The van der Waals surface area contributed by atoms with Gasteiger partial charge in [0.25, 0.3) is 0 Å². The van der Waals surface area contributed by atoms with Gasteiger partial charge in [-0.25, -0.2) is 0 Å². The van der Waals surface area contributed by atoms with Crippen molar-refractivity contribution in [2.75, 3.05) is 9.80 Å². The summed E-state index contributed by atoms with van der Waals surface area (Å²) in [6.07, 6.45) is 9.69. The highest BCUT2D eigenvalue weighted by molar-refractivity contribution is 5.82. The van der Waals surface area contributed by atoms with Crippen molar-refractivity contribution in [2.24, 2.45) is 0 Å². The topological polar surface area (TPSA) is 6.48 Å². The molecule has 0 fully saturated rings. The van der Waals surface area contributed by atoms with E-state index in [1.807, 2.05) is 0 Å². The number of nitrogens with zero attached hydrogens (tertiary/aromatic N) is 2. The number of hydrogen-bond acceptors (Lipinski definition) is 2. The summed E-state index contributed by atoms with van der Waals surface area (Å²) in [5, 5.41) is 0. The molecule has 0 aromatic heterocycles. The molecule has 7 aromatic rings. The Hall–Kier alpha value is -6.38. The van der Waals surface area contributed by atoms with Gasteiger partial charge in [0.1, 0.15) is 0 Å². The zero-order valence-corrected chi connectivity index (χ0v) is 30.2. The molecule has 7 rings (SSSR count). The molecule has 0 heterocycles. The minimum absolute atomic E-state index is 0.978. The van der Waals surface area contributed by atoms with Crippen LogP contribution < -0.4 is 9.80 Å². The predicted octanol–water partition coefficient (Wildman–Crippen LogP) is 14.1. The molecule has 0 aliphatic carbocycles. The summed E-state index contributed by atoms with van der Waals surface area (Å²) >= 11 is 0. The maximum atomic E-state index is 2.38. The van der Waals surface area contributed by atoms with Crippen molar-refractivity contribution in [1.82, 2.24) is 0 Å². The summed E-state index contributed by atoms with van der Waals surface area (Å²) in [5.74, 6) is 0. The number of rotatable bonds is 11. The highest BCUT2D eigenvalue weighted by Crippen LogP contribution is 2.39. The lowest BCUT2D eigenvalue weighted by molar-refractivity contribution is 1.10. The lowest BCUT2D eigenvalue weighted by atomic mass is 10.0. The smallest absolute Gasteiger partial charge is 0.0522 e. The van der Waals surface area contributed by atoms with Crippen molar-refractivity contribution < 1.29 is 0 Å². The van der Waals surface area contributed by atoms with E-state index in [0.29, 0.717) is 0 Å². The minimum atomic E-state index is 0.978. The van der Waals surface area contributed by atoms with Gasteiger partial charge in [-0.1, -0.05) is 153 Å². The van der Waals surface area contributed by atoms with Crippen LogP contribution >= 0.6 is 0 Å². The van der Waals surface area contributed by atoms with Gasteiger partial charge < -0.3 is 9.80 Å². The molecule has 0 aliphatic rings. The number of para-hydroxylation sites is 4. The summed E-state index contributed by atoms with van der Waals surface area (Å²) in [5.41, 5.74) is 15.5. The molecule has 0 aliphatic heterocycles. The first-order valence-electron chi connectivity index (χ1n) is 18.1. The van der Waals surface area contributed by atoms with Crippen molar-refractivity contribution in [2.45, 2.75) is 27.2 Å². The quantitative estimate of drug-likeness (QED) is 0.126. The second-order valence-corrected chi connectivity index (χ2v) is 13.1. The van der Waals surface area contributed by atoms with E-state index in [-0.39, 0.29) is 0 Å². The van der Waals surface area contributed by atoms with Crippen molar-refractivity contribution in [3.05, 3.63) is 215 Å². The molecule has 2 nitrogen and oxygen atoms in total. The largest absolute Gasteiger partial charge is 0.310 e. The molecule has 0 bridgehead atoms. The zero-order chi connectivity index (χ0) is 35.7. The van der Waals surface area contributed by atoms with Crippen LogP contribution in [0.15, 0.2) is 176 Å². The highest BCUT2D eigenvalue weighted by atomic mass is 15.1. The Balaban J connectivity index is 1.04. The lowest BCUT2D eigenvalue weighted by Gasteiger charge is -2.29. The van der Waals surface area contributed by atoms with Crippen LogP contribution in [0.2, 0.25) is 0 Å². The van der Waals surface area contributed by atoms with E-state index in [4.69, 9.17) is 0 Å². The van der Waals surface area contributed by atoms with E-state index < -0.39 is 0 Å². The summed E-state index contributed by atoms with van der Waals surface area (Å²) in [6, 6.07) is 62.6. The van der Waals surface area contributed by atoms with Gasteiger partial charge in [0.05, 0.1) is 5.69 Å². The molecule has 2 heteroatoms. The van der Waals surface area contributed by atoms with E-state index in [1.54, 1.807) is 0 Å². The van der Waals surface area contributed by atoms with E-state index in [1.165, 1.54) is 39.2 Å². The number of anilines is 6. The molecule has 52 heavy (non-hydrogen) atoms. The maximum Gasteiger partial charge on any atom is 0.0522 e. The van der Waals surface area contributed by atoms with Crippen LogP contribution in [0.3, 0.4) is 0 Å². The molecule has 0 radical (unpaired) electrons. The first kappa shape index (κ1) is 34.1. The lowest BCUT2D eigenvalue weighted by Crippen LogP contribution is -2.13. The van der Waals surface area contributed by atoms with Gasteiger partial charge in [-0.3, -0.25) is 0 Å². The molecule has 0 spiro atoms. The van der Waals surface area contributed by atoms with E-state index in [0.717, 1.165) is 40.3 Å². The number of hydrogen-bond donors (Lipinski definition) is 0. The molecule has 7 aromatic carbocycles. The van der Waals surface area contributed by atoms with Crippen molar-refractivity contribution in [3.63, 3.8) is 0 Å². The highest BCUT2D eigenvalue weighted by Gasteiger charge is 2.17. The Labute approximate surface area is 309 Å². The summed E-state index contributed by atoms with van der Waals surface area (Å²) in [7, 11) is 0. The standard InChI is InChI=1S/C50H44N2/c1-4-44-16-13-15-39(3)50(44)52(46-19-9-6-10-20-46)48-36-32-43(33-37-48)29-27-41-24-22-40(23-25-41)26-28-42-30-34-47(35-31-42)51(45-17-7-5-8-18-45)49-21-12-11-14-38(49)2/h5-37H,4H2,1-3H3. The van der Waals surface area contributed by atoms with Crippen molar-refractivity contribution in [1.29, 1.82) is 0 Å².